The molecule has 0 radical (unpaired) electrons. The summed E-state index contributed by atoms with van der Waals surface area (Å²) in [7, 11) is 0. The number of aromatic nitrogens is 1. The summed E-state index contributed by atoms with van der Waals surface area (Å²) in [6.45, 7) is 11.2. The van der Waals surface area contributed by atoms with E-state index in [0.717, 1.165) is 0 Å². The average Bonchev–Trinajstić information content (AvgIpc) is 3.35. The lowest BCUT2D eigenvalue weighted by atomic mass is 9.93. The fraction of sp³-hybridized carbons (Fsp3) is 0.370. The summed E-state index contributed by atoms with van der Waals surface area (Å²) in [5, 5.41) is 12.3. The lowest BCUT2D eigenvalue weighted by molar-refractivity contribution is -0.855. The highest BCUT2D eigenvalue weighted by molar-refractivity contribution is 5.99. The number of morpholine rings is 1. The fourth-order valence-electron chi connectivity index (χ4n) is 3.94. The third-order valence-corrected chi connectivity index (χ3v) is 6.29. The number of benzene rings is 2. The molecule has 0 unspecified atom stereocenters. The van der Waals surface area contributed by atoms with Crippen molar-refractivity contribution in [3.8, 4) is 11.5 Å². The third-order valence-electron chi connectivity index (χ3n) is 6.29. The van der Waals surface area contributed by atoms with Gasteiger partial charge in [0.05, 0.1) is 19.8 Å². The number of rotatable bonds is 6. The van der Waals surface area contributed by atoms with Crippen LogP contribution in [0.15, 0.2) is 59.1 Å². The molecule has 2 aromatic carbocycles. The monoisotopic (exact) mass is 508 g/mol. The van der Waals surface area contributed by atoms with Gasteiger partial charge in [0, 0.05) is 28.9 Å². The molecule has 0 atom stereocenters. The lowest BCUT2D eigenvalue weighted by Gasteiger charge is -2.37. The topological polar surface area (TPSA) is 115 Å². The fourth-order valence-corrected chi connectivity index (χ4v) is 3.94. The molecule has 37 heavy (non-hydrogen) atoms. The van der Waals surface area contributed by atoms with Crippen LogP contribution in [0, 0.1) is 0 Å². The first-order valence-corrected chi connectivity index (χ1v) is 12.4. The van der Waals surface area contributed by atoms with Crippen molar-refractivity contribution in [2.24, 2.45) is 0 Å². The molecule has 1 aliphatic rings. The van der Waals surface area contributed by atoms with Gasteiger partial charge in [0.2, 0.25) is 0 Å². The van der Waals surface area contributed by atoms with E-state index >= 15 is 0 Å². The number of carbonyl (C=O) groups excluding carboxylic acids is 2. The predicted octanol–water partition coefficient (Wildman–Crippen LogP) is 5.81. The van der Waals surface area contributed by atoms with Crippen molar-refractivity contribution in [1.82, 2.24) is 5.16 Å². The van der Waals surface area contributed by atoms with Crippen molar-refractivity contribution in [3.05, 3.63) is 60.4 Å². The van der Waals surface area contributed by atoms with Crippen molar-refractivity contribution in [1.29, 1.82) is 0 Å². The van der Waals surface area contributed by atoms with E-state index in [1.54, 1.807) is 36.4 Å². The molecular weight excluding hydrogens is 474 g/mol. The summed E-state index contributed by atoms with van der Waals surface area (Å²) >= 11 is 0. The Balaban J connectivity index is 1.33. The first-order chi connectivity index (χ1) is 17.7. The maximum Gasteiger partial charge on any atom is 0.421 e. The molecule has 196 valence electrons. The SMILES string of the molecule is CC[N+]1(C(=O)Nc2cccc(Oc3ccc(NC(=O)Nc4cc(C(C)(C)C)on4)cc3)c2)CCOCC1. The summed E-state index contributed by atoms with van der Waals surface area (Å²) in [5.74, 6) is 2.20. The summed E-state index contributed by atoms with van der Waals surface area (Å²) in [4.78, 5) is 25.3. The number of carbonyl (C=O) groups is 2. The Morgan fingerprint density at radius 3 is 2.32 bits per heavy atom. The van der Waals surface area contributed by atoms with E-state index in [1.807, 2.05) is 45.9 Å². The van der Waals surface area contributed by atoms with Crippen LogP contribution < -0.4 is 20.7 Å². The van der Waals surface area contributed by atoms with E-state index in [0.29, 0.717) is 71.8 Å². The third kappa shape index (κ3) is 6.66. The molecule has 10 heteroatoms. The lowest BCUT2D eigenvalue weighted by Crippen LogP contribution is -2.60. The number of urea groups is 2. The Hall–Kier alpha value is -3.89. The number of likely N-dealkylation sites (N-methyl/N-ethyl adjacent to an activating group) is 1. The van der Waals surface area contributed by atoms with Crippen LogP contribution in [0.1, 0.15) is 33.5 Å². The number of amides is 4. The van der Waals surface area contributed by atoms with Gasteiger partial charge in [0.1, 0.15) is 30.3 Å². The number of quaternary nitrogens is 1. The molecule has 3 N–H and O–H groups in total. The number of nitrogens with zero attached hydrogens (tertiary/aromatic N) is 2. The van der Waals surface area contributed by atoms with Gasteiger partial charge in [0.15, 0.2) is 5.82 Å². The van der Waals surface area contributed by atoms with Gasteiger partial charge >= 0.3 is 12.1 Å². The van der Waals surface area contributed by atoms with Crippen LogP contribution in [0.25, 0.3) is 0 Å². The molecule has 3 aromatic rings. The van der Waals surface area contributed by atoms with Gasteiger partial charge in [-0.05, 0) is 43.3 Å². The van der Waals surface area contributed by atoms with Gasteiger partial charge in [-0.25, -0.2) is 14.1 Å². The molecule has 2 heterocycles. The van der Waals surface area contributed by atoms with Gasteiger partial charge in [-0.1, -0.05) is 32.0 Å². The second kappa shape index (κ2) is 11.0. The standard InChI is InChI=1S/C27H33N5O5/c1-5-32(13-15-35-16-14-32)26(34)29-20-7-6-8-22(17-20)36-21-11-9-19(10-12-21)28-25(33)30-24-18-23(37-31-24)27(2,3)4/h6-12,17-18H,5,13-16H2,1-4H3,(H2-,28,29,30,31,33,34)/p+1. The maximum atomic E-state index is 13.0. The molecule has 1 aromatic heterocycles. The van der Waals surface area contributed by atoms with Gasteiger partial charge in [-0.3, -0.25) is 10.6 Å². The van der Waals surface area contributed by atoms with E-state index in [9.17, 15) is 9.59 Å². The van der Waals surface area contributed by atoms with Gasteiger partial charge in [0.25, 0.3) is 0 Å². The van der Waals surface area contributed by atoms with Crippen molar-refractivity contribution >= 4 is 29.3 Å². The molecule has 10 nitrogen and oxygen atoms in total. The number of anilines is 3. The second-order valence-corrected chi connectivity index (χ2v) is 10.0. The van der Waals surface area contributed by atoms with Crippen LogP contribution in [0.3, 0.4) is 0 Å². The zero-order valence-corrected chi connectivity index (χ0v) is 21.7. The number of hydrogen-bond donors (Lipinski definition) is 3. The molecule has 1 saturated heterocycles. The Morgan fingerprint density at radius 1 is 0.946 bits per heavy atom. The van der Waals surface area contributed by atoms with Crippen molar-refractivity contribution in [3.63, 3.8) is 0 Å². The van der Waals surface area contributed by atoms with Crippen LogP contribution in [0.2, 0.25) is 0 Å². The molecule has 0 aliphatic carbocycles. The minimum atomic E-state index is -0.432. The molecule has 0 saturated carbocycles. The first kappa shape index (κ1) is 26.2. The average molecular weight is 509 g/mol. The van der Waals surface area contributed by atoms with Crippen LogP contribution in [0.4, 0.5) is 26.8 Å². The highest BCUT2D eigenvalue weighted by atomic mass is 16.5. The van der Waals surface area contributed by atoms with Gasteiger partial charge < -0.3 is 19.3 Å². The van der Waals surface area contributed by atoms with Gasteiger partial charge in [-0.15, -0.1) is 0 Å². The molecule has 4 amide bonds. The van der Waals surface area contributed by atoms with Crippen LogP contribution in [-0.4, -0.2) is 54.5 Å². The minimum absolute atomic E-state index is 0.0445. The molecule has 1 fully saturated rings. The zero-order valence-electron chi connectivity index (χ0n) is 21.7. The highest BCUT2D eigenvalue weighted by Gasteiger charge is 2.37. The van der Waals surface area contributed by atoms with Gasteiger partial charge in [-0.2, -0.15) is 0 Å². The Labute approximate surface area is 216 Å². The Kier molecular flexibility index (Phi) is 7.80. The van der Waals surface area contributed by atoms with Crippen molar-refractivity contribution in [2.45, 2.75) is 33.1 Å². The van der Waals surface area contributed by atoms with E-state index in [1.165, 1.54) is 0 Å². The van der Waals surface area contributed by atoms with Crippen LogP contribution in [0.5, 0.6) is 11.5 Å². The van der Waals surface area contributed by atoms with E-state index in [-0.39, 0.29) is 11.4 Å². The molecule has 4 rings (SSSR count). The molecule has 1 aliphatic heterocycles. The second-order valence-electron chi connectivity index (χ2n) is 10.0. The summed E-state index contributed by atoms with van der Waals surface area (Å²) in [5.41, 5.74) is 1.05. The number of hydrogen-bond acceptors (Lipinski definition) is 6. The Bertz CT molecular complexity index is 1230. The largest absolute Gasteiger partial charge is 0.457 e. The smallest absolute Gasteiger partial charge is 0.421 e. The normalized spacial score (nSPS) is 15.0. The zero-order chi connectivity index (χ0) is 26.5. The maximum absolute atomic E-state index is 13.0. The highest BCUT2D eigenvalue weighted by Crippen LogP contribution is 2.27. The van der Waals surface area contributed by atoms with E-state index in [4.69, 9.17) is 14.0 Å². The Morgan fingerprint density at radius 2 is 1.68 bits per heavy atom. The summed E-state index contributed by atoms with van der Waals surface area (Å²) < 4.78 is 17.0. The number of nitrogens with one attached hydrogen (secondary N) is 3. The first-order valence-electron chi connectivity index (χ1n) is 12.4. The number of ether oxygens (including phenoxy) is 2. The van der Waals surface area contributed by atoms with Crippen molar-refractivity contribution in [2.75, 3.05) is 48.8 Å². The van der Waals surface area contributed by atoms with E-state index < -0.39 is 6.03 Å². The van der Waals surface area contributed by atoms with Crippen LogP contribution in [-0.2, 0) is 10.2 Å². The quantitative estimate of drug-likeness (QED) is 0.362. The predicted molar refractivity (Wildman–Crippen MR) is 141 cm³/mol. The summed E-state index contributed by atoms with van der Waals surface area (Å²) in [6, 6.07) is 15.5. The minimum Gasteiger partial charge on any atom is -0.457 e. The summed E-state index contributed by atoms with van der Waals surface area (Å²) in [6.07, 6.45) is 0. The molecule has 0 bridgehead atoms. The van der Waals surface area contributed by atoms with Crippen molar-refractivity contribution < 1.29 is 28.1 Å². The molecular formula is C27H34N5O5+. The van der Waals surface area contributed by atoms with Crippen LogP contribution >= 0.6 is 0 Å². The molecule has 0 spiro atoms. The van der Waals surface area contributed by atoms with E-state index in [2.05, 4.69) is 21.1 Å².